The normalized spacial score (nSPS) is 34.0. The molecule has 0 aromatic heterocycles. The van der Waals surface area contributed by atoms with Crippen molar-refractivity contribution < 1.29 is 14.4 Å². The predicted molar refractivity (Wildman–Crippen MR) is 105 cm³/mol. The molecule has 4 rings (SSSR count). The van der Waals surface area contributed by atoms with Gasteiger partial charge in [0.25, 0.3) is 5.91 Å². The van der Waals surface area contributed by atoms with E-state index in [-0.39, 0.29) is 29.2 Å². The summed E-state index contributed by atoms with van der Waals surface area (Å²) in [6.07, 6.45) is 6.29. The number of hydrogen-bond donors (Lipinski definition) is 2. The van der Waals surface area contributed by atoms with E-state index in [0.717, 1.165) is 51.6 Å². The highest BCUT2D eigenvalue weighted by Gasteiger charge is 2.56. The van der Waals surface area contributed by atoms with Gasteiger partial charge >= 0.3 is 6.03 Å². The van der Waals surface area contributed by atoms with E-state index in [4.69, 9.17) is 0 Å². The standard InChI is InChI=1S/C21H34N4O3/c1-14-10-20(2,3)12-21(11-14)18(27)25(19(28)23-21)13-24-8-6-15(7-9-24)17(26)22-16-4-5-16/h14-16H,4-13H2,1-3H3,(H,22,26)(H,23,28). The molecule has 2 aliphatic carbocycles. The van der Waals surface area contributed by atoms with E-state index in [1.807, 2.05) is 0 Å². The molecule has 7 nitrogen and oxygen atoms in total. The van der Waals surface area contributed by atoms with Crippen LogP contribution in [-0.4, -0.2) is 59.0 Å². The minimum absolute atomic E-state index is 0.0455. The van der Waals surface area contributed by atoms with Gasteiger partial charge in [-0.2, -0.15) is 0 Å². The van der Waals surface area contributed by atoms with Crippen molar-refractivity contribution in [3.8, 4) is 0 Å². The molecule has 0 aromatic carbocycles. The number of imide groups is 1. The summed E-state index contributed by atoms with van der Waals surface area (Å²) in [4.78, 5) is 41.7. The molecule has 0 bridgehead atoms. The molecule has 156 valence electrons. The third kappa shape index (κ3) is 3.91. The first kappa shape index (κ1) is 19.7. The Morgan fingerprint density at radius 1 is 1.14 bits per heavy atom. The minimum Gasteiger partial charge on any atom is -0.353 e. The Hall–Kier alpha value is -1.63. The second-order valence-corrected chi connectivity index (χ2v) is 10.4. The number of nitrogens with one attached hydrogen (secondary N) is 2. The largest absolute Gasteiger partial charge is 0.353 e. The van der Waals surface area contributed by atoms with E-state index >= 15 is 0 Å². The molecule has 2 atom stereocenters. The second kappa shape index (κ2) is 7.01. The lowest BCUT2D eigenvalue weighted by Gasteiger charge is -2.44. The van der Waals surface area contributed by atoms with Gasteiger partial charge in [-0.1, -0.05) is 20.8 Å². The summed E-state index contributed by atoms with van der Waals surface area (Å²) in [5.74, 6) is 0.584. The number of urea groups is 1. The average Bonchev–Trinajstić information content (AvgIpc) is 3.38. The Balaban J connectivity index is 1.34. The number of piperidine rings is 1. The van der Waals surface area contributed by atoms with Crippen LogP contribution >= 0.6 is 0 Å². The molecule has 2 heterocycles. The van der Waals surface area contributed by atoms with Crippen LogP contribution in [0.1, 0.15) is 65.7 Å². The van der Waals surface area contributed by atoms with Crippen molar-refractivity contribution in [2.45, 2.75) is 77.3 Å². The highest BCUT2D eigenvalue weighted by Crippen LogP contribution is 2.46. The first-order valence-electron chi connectivity index (χ1n) is 10.8. The summed E-state index contributed by atoms with van der Waals surface area (Å²) in [5.41, 5.74) is -0.690. The Bertz CT molecular complexity index is 667. The fraction of sp³-hybridized carbons (Fsp3) is 0.857. The number of nitrogens with zero attached hydrogens (tertiary/aromatic N) is 2. The van der Waals surface area contributed by atoms with Gasteiger partial charge in [0.1, 0.15) is 5.54 Å². The van der Waals surface area contributed by atoms with E-state index in [9.17, 15) is 14.4 Å². The Morgan fingerprint density at radius 2 is 1.82 bits per heavy atom. The smallest absolute Gasteiger partial charge is 0.326 e. The summed E-state index contributed by atoms with van der Waals surface area (Å²) in [6, 6.07) is 0.137. The fourth-order valence-electron chi connectivity index (χ4n) is 5.72. The Labute approximate surface area is 167 Å². The maximum absolute atomic E-state index is 13.3. The maximum Gasteiger partial charge on any atom is 0.326 e. The van der Waals surface area contributed by atoms with E-state index in [1.54, 1.807) is 0 Å². The molecule has 7 heteroatoms. The zero-order chi connectivity index (χ0) is 20.1. The third-order valence-electron chi connectivity index (χ3n) is 6.85. The highest BCUT2D eigenvalue weighted by molar-refractivity contribution is 6.07. The number of hydrogen-bond acceptors (Lipinski definition) is 4. The molecule has 2 unspecified atom stereocenters. The van der Waals surface area contributed by atoms with E-state index in [0.29, 0.717) is 25.0 Å². The van der Waals surface area contributed by atoms with Gasteiger partial charge in [0.15, 0.2) is 0 Å². The monoisotopic (exact) mass is 390 g/mol. The fourth-order valence-corrected chi connectivity index (χ4v) is 5.72. The van der Waals surface area contributed by atoms with Gasteiger partial charge in [-0.3, -0.25) is 14.5 Å². The first-order valence-corrected chi connectivity index (χ1v) is 10.8. The molecule has 2 saturated carbocycles. The van der Waals surface area contributed by atoms with Crippen LogP contribution < -0.4 is 10.6 Å². The summed E-state index contributed by atoms with van der Waals surface area (Å²) in [7, 11) is 0. The van der Waals surface area contributed by atoms with E-state index in [1.165, 1.54) is 4.90 Å². The van der Waals surface area contributed by atoms with Crippen LogP contribution in [-0.2, 0) is 9.59 Å². The van der Waals surface area contributed by atoms with Crippen molar-refractivity contribution in [2.24, 2.45) is 17.3 Å². The molecule has 2 aliphatic heterocycles. The van der Waals surface area contributed by atoms with Crippen LogP contribution in [0.15, 0.2) is 0 Å². The Kier molecular flexibility index (Phi) is 4.92. The van der Waals surface area contributed by atoms with Crippen molar-refractivity contribution in [2.75, 3.05) is 19.8 Å². The highest BCUT2D eigenvalue weighted by atomic mass is 16.2. The summed E-state index contributed by atoms with van der Waals surface area (Å²) < 4.78 is 0. The van der Waals surface area contributed by atoms with Gasteiger partial charge in [-0.15, -0.1) is 0 Å². The van der Waals surface area contributed by atoms with Gasteiger partial charge in [0, 0.05) is 25.0 Å². The van der Waals surface area contributed by atoms with Gasteiger partial charge < -0.3 is 10.6 Å². The quantitative estimate of drug-likeness (QED) is 0.720. The number of carbonyl (C=O) groups excluding carboxylic acids is 3. The van der Waals surface area contributed by atoms with Gasteiger partial charge in [0.05, 0.1) is 6.67 Å². The summed E-state index contributed by atoms with van der Waals surface area (Å²) in [5, 5.41) is 6.14. The maximum atomic E-state index is 13.3. The molecule has 2 saturated heterocycles. The Morgan fingerprint density at radius 3 is 2.43 bits per heavy atom. The van der Waals surface area contributed by atoms with Gasteiger partial charge in [-0.05, 0) is 56.3 Å². The van der Waals surface area contributed by atoms with Crippen LogP contribution in [0.5, 0.6) is 0 Å². The predicted octanol–water partition coefficient (Wildman–Crippen LogP) is 2.07. The lowest BCUT2D eigenvalue weighted by Crippen LogP contribution is -2.54. The number of carbonyl (C=O) groups is 3. The first-order chi connectivity index (χ1) is 13.2. The van der Waals surface area contributed by atoms with E-state index < -0.39 is 5.54 Å². The topological polar surface area (TPSA) is 81.8 Å². The molecule has 4 amide bonds. The van der Waals surface area contributed by atoms with Crippen LogP contribution in [0.4, 0.5) is 4.79 Å². The molecule has 28 heavy (non-hydrogen) atoms. The van der Waals surface area contributed by atoms with Gasteiger partial charge in [0.2, 0.25) is 5.91 Å². The zero-order valence-electron chi connectivity index (χ0n) is 17.4. The van der Waals surface area contributed by atoms with Crippen molar-refractivity contribution in [1.82, 2.24) is 20.4 Å². The molecular formula is C21H34N4O3. The van der Waals surface area contributed by atoms with Crippen LogP contribution in [0.25, 0.3) is 0 Å². The molecule has 2 N–H and O–H groups in total. The molecule has 4 fully saturated rings. The van der Waals surface area contributed by atoms with Crippen molar-refractivity contribution >= 4 is 17.8 Å². The molecule has 0 radical (unpaired) electrons. The zero-order valence-corrected chi connectivity index (χ0v) is 17.4. The van der Waals surface area contributed by atoms with Crippen molar-refractivity contribution in [3.05, 3.63) is 0 Å². The molecular weight excluding hydrogens is 356 g/mol. The lowest BCUT2D eigenvalue weighted by molar-refractivity contribution is -0.137. The van der Waals surface area contributed by atoms with Crippen molar-refractivity contribution in [1.29, 1.82) is 0 Å². The average molecular weight is 391 g/mol. The van der Waals surface area contributed by atoms with Crippen LogP contribution in [0, 0.1) is 17.3 Å². The summed E-state index contributed by atoms with van der Waals surface area (Å²) in [6.45, 7) is 8.36. The second-order valence-electron chi connectivity index (χ2n) is 10.4. The summed E-state index contributed by atoms with van der Waals surface area (Å²) >= 11 is 0. The minimum atomic E-state index is -0.735. The lowest BCUT2D eigenvalue weighted by atomic mass is 9.64. The number of amides is 4. The number of rotatable bonds is 4. The molecule has 1 spiro atoms. The van der Waals surface area contributed by atoms with Crippen LogP contribution in [0.2, 0.25) is 0 Å². The van der Waals surface area contributed by atoms with Gasteiger partial charge in [-0.25, -0.2) is 9.69 Å². The molecule has 4 aliphatic rings. The SMILES string of the molecule is CC1CC(C)(C)CC2(C1)NC(=O)N(CN1CCC(C(=O)NC3CC3)CC1)C2=O. The van der Waals surface area contributed by atoms with E-state index in [2.05, 4.69) is 36.3 Å². The third-order valence-corrected chi connectivity index (χ3v) is 6.85. The molecule has 0 aromatic rings. The number of likely N-dealkylation sites (tertiary alicyclic amines) is 1. The van der Waals surface area contributed by atoms with Crippen molar-refractivity contribution in [3.63, 3.8) is 0 Å². The van der Waals surface area contributed by atoms with Crippen LogP contribution in [0.3, 0.4) is 0 Å².